The Morgan fingerprint density at radius 3 is 3.00 bits per heavy atom. The van der Waals surface area contributed by atoms with Crippen molar-refractivity contribution in [1.29, 1.82) is 0 Å². The highest BCUT2D eigenvalue weighted by Crippen LogP contribution is 2.35. The summed E-state index contributed by atoms with van der Waals surface area (Å²) in [7, 11) is 0. The first-order chi connectivity index (χ1) is 11.7. The Balaban J connectivity index is 1.24. The Kier molecular flexibility index (Phi) is 4.56. The first-order valence-corrected chi connectivity index (χ1v) is 8.90. The zero-order valence-corrected chi connectivity index (χ0v) is 14.1. The fraction of sp³-hybridized carbons (Fsp3) is 0.765. The maximum atomic E-state index is 12.3. The topological polar surface area (TPSA) is 68.0 Å². The van der Waals surface area contributed by atoms with Crippen molar-refractivity contribution in [2.75, 3.05) is 26.2 Å². The number of carbonyl (C=O) groups is 1. The molecule has 7 nitrogen and oxygen atoms in total. The highest BCUT2D eigenvalue weighted by atomic mass is 16.7. The van der Waals surface area contributed by atoms with Gasteiger partial charge in [0.25, 0.3) is 0 Å². The summed E-state index contributed by atoms with van der Waals surface area (Å²) in [6, 6.07) is 1.98. The number of carbonyl (C=O) groups excluding carboxylic acids is 1. The van der Waals surface area contributed by atoms with Gasteiger partial charge in [0.2, 0.25) is 5.91 Å². The molecule has 0 spiro atoms. The van der Waals surface area contributed by atoms with Gasteiger partial charge in [0.1, 0.15) is 5.76 Å². The molecule has 3 saturated heterocycles. The second kappa shape index (κ2) is 6.82. The summed E-state index contributed by atoms with van der Waals surface area (Å²) in [5.41, 5.74) is 0.974. The molecule has 0 bridgehead atoms. The van der Waals surface area contributed by atoms with Crippen LogP contribution in [0.3, 0.4) is 0 Å². The number of hydroxylamine groups is 2. The molecule has 1 amide bonds. The Bertz CT molecular complexity index is 570. The average Bonchev–Trinajstić information content (AvgIpc) is 3.23. The molecule has 0 aromatic carbocycles. The fourth-order valence-corrected chi connectivity index (χ4v) is 4.02. The third-order valence-corrected chi connectivity index (χ3v) is 5.14. The molecule has 4 rings (SSSR count). The molecule has 3 fully saturated rings. The zero-order valence-electron chi connectivity index (χ0n) is 14.1. The van der Waals surface area contributed by atoms with Gasteiger partial charge in [0.05, 0.1) is 30.9 Å². The zero-order chi connectivity index (χ0) is 16.5. The molecule has 132 valence electrons. The molecule has 0 unspecified atom stereocenters. The van der Waals surface area contributed by atoms with Crippen molar-refractivity contribution in [2.45, 2.75) is 51.4 Å². The fourth-order valence-electron chi connectivity index (χ4n) is 4.02. The molecular formula is C17H25N3O4. The van der Waals surface area contributed by atoms with Gasteiger partial charge in [-0.25, -0.2) is 5.06 Å². The van der Waals surface area contributed by atoms with E-state index in [9.17, 15) is 4.79 Å². The summed E-state index contributed by atoms with van der Waals surface area (Å²) in [6.45, 7) is 5.98. The molecule has 7 heteroatoms. The highest BCUT2D eigenvalue weighted by molar-refractivity contribution is 5.75. The lowest BCUT2D eigenvalue weighted by Crippen LogP contribution is -2.37. The van der Waals surface area contributed by atoms with E-state index in [4.69, 9.17) is 14.1 Å². The van der Waals surface area contributed by atoms with Crippen molar-refractivity contribution in [3.63, 3.8) is 0 Å². The first kappa shape index (κ1) is 16.1. The van der Waals surface area contributed by atoms with Crippen LogP contribution >= 0.6 is 0 Å². The number of likely N-dealkylation sites (tertiary alicyclic amines) is 1. The lowest BCUT2D eigenvalue weighted by molar-refractivity contribution is -0.199. The lowest BCUT2D eigenvalue weighted by Gasteiger charge is -2.27. The Morgan fingerprint density at radius 2 is 2.29 bits per heavy atom. The van der Waals surface area contributed by atoms with Gasteiger partial charge in [-0.1, -0.05) is 5.16 Å². The standard InChI is InChI=1S/C17H25N3O4/c1-12-6-14(18-24-12)10-19-9-13-7-15(23-16(13)11-19)8-17(21)20-4-2-3-5-22-20/h6,13,15-16H,2-5,7-11H2,1H3/t13-,15+,16+/m0/s1. The predicted molar refractivity (Wildman–Crippen MR) is 84.8 cm³/mol. The molecule has 0 radical (unpaired) electrons. The molecule has 3 aliphatic rings. The smallest absolute Gasteiger partial charge is 0.248 e. The van der Waals surface area contributed by atoms with E-state index in [1.807, 2.05) is 13.0 Å². The van der Waals surface area contributed by atoms with Crippen LogP contribution in [0.4, 0.5) is 0 Å². The second-order valence-corrected chi connectivity index (χ2v) is 7.16. The number of fused-ring (bicyclic) bond motifs is 1. The maximum absolute atomic E-state index is 12.3. The Labute approximate surface area is 141 Å². The van der Waals surface area contributed by atoms with Crippen LogP contribution in [0.1, 0.15) is 37.1 Å². The van der Waals surface area contributed by atoms with Gasteiger partial charge < -0.3 is 9.26 Å². The third kappa shape index (κ3) is 3.48. The van der Waals surface area contributed by atoms with Crippen molar-refractivity contribution in [2.24, 2.45) is 5.92 Å². The minimum absolute atomic E-state index is 0.0365. The van der Waals surface area contributed by atoms with Gasteiger partial charge in [-0.3, -0.25) is 14.5 Å². The van der Waals surface area contributed by atoms with Crippen molar-refractivity contribution in [3.05, 3.63) is 17.5 Å². The molecule has 1 aromatic heterocycles. The van der Waals surface area contributed by atoms with E-state index < -0.39 is 0 Å². The molecule has 1 aromatic rings. The molecule has 4 heterocycles. The van der Waals surface area contributed by atoms with E-state index in [1.54, 1.807) is 0 Å². The van der Waals surface area contributed by atoms with Gasteiger partial charge in [-0.05, 0) is 26.2 Å². The Hall–Kier alpha value is -1.44. The normalized spacial score (nSPS) is 30.7. The molecular weight excluding hydrogens is 310 g/mol. The third-order valence-electron chi connectivity index (χ3n) is 5.14. The van der Waals surface area contributed by atoms with Crippen LogP contribution in [0, 0.1) is 12.8 Å². The summed E-state index contributed by atoms with van der Waals surface area (Å²) in [6.07, 6.45) is 3.73. The number of aromatic nitrogens is 1. The van der Waals surface area contributed by atoms with Crippen LogP contribution in [0.5, 0.6) is 0 Å². The second-order valence-electron chi connectivity index (χ2n) is 7.16. The summed E-state index contributed by atoms with van der Waals surface area (Å²) in [4.78, 5) is 20.1. The monoisotopic (exact) mass is 335 g/mol. The van der Waals surface area contributed by atoms with Gasteiger partial charge in [0.15, 0.2) is 0 Å². The van der Waals surface area contributed by atoms with E-state index in [0.717, 1.165) is 50.4 Å². The lowest BCUT2D eigenvalue weighted by atomic mass is 10.0. The van der Waals surface area contributed by atoms with Crippen LogP contribution in [-0.2, 0) is 20.9 Å². The first-order valence-electron chi connectivity index (χ1n) is 8.90. The van der Waals surface area contributed by atoms with Gasteiger partial charge in [-0.2, -0.15) is 0 Å². The summed E-state index contributed by atoms with van der Waals surface area (Å²) < 4.78 is 11.3. The minimum atomic E-state index is 0.0365. The predicted octanol–water partition coefficient (Wildman–Crippen LogP) is 1.52. The molecule has 3 atom stereocenters. The van der Waals surface area contributed by atoms with Crippen LogP contribution in [0.2, 0.25) is 0 Å². The molecule has 0 saturated carbocycles. The molecule has 0 N–H and O–H groups in total. The van der Waals surface area contributed by atoms with E-state index >= 15 is 0 Å². The summed E-state index contributed by atoms with van der Waals surface area (Å²) >= 11 is 0. The summed E-state index contributed by atoms with van der Waals surface area (Å²) in [5, 5.41) is 5.59. The van der Waals surface area contributed by atoms with Crippen LogP contribution in [0.15, 0.2) is 10.6 Å². The molecule has 0 aliphatic carbocycles. The quantitative estimate of drug-likeness (QED) is 0.831. The minimum Gasteiger partial charge on any atom is -0.373 e. The van der Waals surface area contributed by atoms with Gasteiger partial charge in [-0.15, -0.1) is 0 Å². The van der Waals surface area contributed by atoms with Crippen LogP contribution < -0.4 is 0 Å². The molecule has 24 heavy (non-hydrogen) atoms. The van der Waals surface area contributed by atoms with E-state index in [0.29, 0.717) is 25.5 Å². The van der Waals surface area contributed by atoms with Crippen molar-refractivity contribution in [1.82, 2.24) is 15.1 Å². The van der Waals surface area contributed by atoms with E-state index in [2.05, 4.69) is 10.1 Å². The summed E-state index contributed by atoms with van der Waals surface area (Å²) in [5.74, 6) is 1.42. The number of hydrogen-bond acceptors (Lipinski definition) is 6. The van der Waals surface area contributed by atoms with Crippen molar-refractivity contribution < 1.29 is 18.9 Å². The number of nitrogens with zero attached hydrogens (tertiary/aromatic N) is 3. The average molecular weight is 335 g/mol. The largest absolute Gasteiger partial charge is 0.373 e. The van der Waals surface area contributed by atoms with E-state index in [1.165, 1.54) is 5.06 Å². The van der Waals surface area contributed by atoms with Crippen molar-refractivity contribution in [3.8, 4) is 0 Å². The van der Waals surface area contributed by atoms with Crippen molar-refractivity contribution >= 4 is 5.91 Å². The molecule has 3 aliphatic heterocycles. The maximum Gasteiger partial charge on any atom is 0.248 e. The Morgan fingerprint density at radius 1 is 1.38 bits per heavy atom. The van der Waals surface area contributed by atoms with Gasteiger partial charge in [0, 0.05) is 38.2 Å². The number of rotatable bonds is 4. The highest BCUT2D eigenvalue weighted by Gasteiger charge is 2.42. The van der Waals surface area contributed by atoms with Gasteiger partial charge >= 0.3 is 0 Å². The number of aryl methyl sites for hydroxylation is 1. The number of ether oxygens (including phenoxy) is 1. The number of amides is 1. The van der Waals surface area contributed by atoms with Crippen LogP contribution in [-0.4, -0.2) is 59.5 Å². The van der Waals surface area contributed by atoms with Crippen LogP contribution in [0.25, 0.3) is 0 Å². The number of hydrogen-bond donors (Lipinski definition) is 0. The van der Waals surface area contributed by atoms with E-state index in [-0.39, 0.29) is 18.1 Å². The SMILES string of the molecule is Cc1cc(CN2C[C@@H]3C[C@H](CC(=O)N4CCCCO4)O[C@@H]3C2)no1.